The molecule has 3 atom stereocenters. The molecule has 256 valence electrons. The minimum absolute atomic E-state index is 0.132. The molecular weight excluding hydrogens is 633 g/mol. The van der Waals surface area contributed by atoms with E-state index in [0.29, 0.717) is 42.8 Å². The van der Waals surface area contributed by atoms with Crippen LogP contribution in [0, 0.1) is 11.3 Å². The summed E-state index contributed by atoms with van der Waals surface area (Å²) >= 11 is 0. The number of benzene rings is 2. The second kappa shape index (κ2) is 14.2. The van der Waals surface area contributed by atoms with Crippen molar-refractivity contribution in [3.8, 4) is 29.0 Å². The smallest absolute Gasteiger partial charge is 0.248 e. The minimum atomic E-state index is -1.46. The van der Waals surface area contributed by atoms with Crippen LogP contribution in [0.15, 0.2) is 42.7 Å². The van der Waals surface area contributed by atoms with Crippen molar-refractivity contribution < 1.29 is 28.2 Å². The average molecular weight is 672 g/mol. The molecule has 0 bridgehead atoms. The van der Waals surface area contributed by atoms with E-state index in [-0.39, 0.29) is 36.0 Å². The Bertz CT molecular complexity index is 1740. The van der Waals surface area contributed by atoms with Crippen molar-refractivity contribution in [2.24, 2.45) is 0 Å². The number of anilines is 3. The fourth-order valence-corrected chi connectivity index (χ4v) is 6.69. The number of hydrogen-bond acceptors (Lipinski definition) is 12. The number of methoxy groups -OCH3 is 1. The first-order chi connectivity index (χ1) is 23.9. The van der Waals surface area contributed by atoms with Crippen LogP contribution in [0.3, 0.4) is 0 Å². The summed E-state index contributed by atoms with van der Waals surface area (Å²) in [6, 6.07) is 12.6. The molecule has 4 aliphatic rings. The molecule has 2 N–H and O–H groups in total. The van der Waals surface area contributed by atoms with E-state index in [2.05, 4.69) is 41.5 Å². The maximum Gasteiger partial charge on any atom is 0.248 e. The van der Waals surface area contributed by atoms with Gasteiger partial charge in [0.05, 0.1) is 37.6 Å². The third kappa shape index (κ3) is 6.92. The highest BCUT2D eigenvalue weighted by molar-refractivity contribution is 5.91. The van der Waals surface area contributed by atoms with Gasteiger partial charge in [-0.05, 0) is 49.6 Å². The van der Waals surface area contributed by atoms with Gasteiger partial charge in [0.2, 0.25) is 24.0 Å². The second-order valence-corrected chi connectivity index (χ2v) is 12.5. The predicted octanol–water partition coefficient (Wildman–Crippen LogP) is 2.63. The maximum atomic E-state index is 15.2. The van der Waals surface area contributed by atoms with Crippen LogP contribution in [0.2, 0.25) is 0 Å². The molecule has 0 saturated carbocycles. The van der Waals surface area contributed by atoms with Crippen molar-refractivity contribution in [2.45, 2.75) is 50.2 Å². The van der Waals surface area contributed by atoms with E-state index in [1.165, 1.54) is 11.2 Å². The number of nitrogens with one attached hydrogen (secondary N) is 2. The lowest BCUT2D eigenvalue weighted by atomic mass is 10.0. The molecule has 4 fully saturated rings. The number of piperidine rings is 1. The standard InChI is InChI=1S/C34H38FN9O5/c1-47-29-16-23(5-7-27(29)43-13-11-42(12-14-43)24-18-48-19-24)39-34-38-20-37-31(41-34)21-4-8-28(22(15-21)17-36)49-33-25(35)3-2-10-44(33)32(46)26-6-9-30(45)40-26/h4-5,7-8,15-16,20,24-26,33H,2-3,6,9-14,18-19H2,1H3,(H,40,45)(H,37,38,39,41)/t25-,26+,33?/m1/s1. The maximum absolute atomic E-state index is 15.2. The normalized spacial score (nSPS) is 23.0. The number of alkyl halides is 1. The Balaban J connectivity index is 1.04. The molecule has 49 heavy (non-hydrogen) atoms. The van der Waals surface area contributed by atoms with E-state index in [9.17, 15) is 14.9 Å². The summed E-state index contributed by atoms with van der Waals surface area (Å²) in [6.07, 6.45) is -0.0125. The van der Waals surface area contributed by atoms with Gasteiger partial charge in [0, 0.05) is 56.5 Å². The highest BCUT2D eigenvalue weighted by atomic mass is 19.1. The number of halogens is 1. The predicted molar refractivity (Wildman–Crippen MR) is 176 cm³/mol. The molecule has 15 heteroatoms. The molecule has 1 aromatic heterocycles. The molecular formula is C34H38FN9O5. The lowest BCUT2D eigenvalue weighted by Crippen LogP contribution is -2.57. The van der Waals surface area contributed by atoms with E-state index >= 15 is 4.39 Å². The third-order valence-corrected chi connectivity index (χ3v) is 9.48. The van der Waals surface area contributed by atoms with Crippen molar-refractivity contribution in [3.05, 3.63) is 48.3 Å². The number of amides is 2. The van der Waals surface area contributed by atoms with E-state index in [0.717, 1.165) is 56.5 Å². The van der Waals surface area contributed by atoms with Gasteiger partial charge in [0.25, 0.3) is 0 Å². The minimum Gasteiger partial charge on any atom is -0.495 e. The Labute approximate surface area is 283 Å². The average Bonchev–Trinajstić information content (AvgIpc) is 3.54. The Hall–Kier alpha value is -5.07. The number of piperazine rings is 1. The molecule has 2 amide bonds. The van der Waals surface area contributed by atoms with Crippen molar-refractivity contribution in [3.63, 3.8) is 0 Å². The Morgan fingerprint density at radius 3 is 2.63 bits per heavy atom. The fourth-order valence-electron chi connectivity index (χ4n) is 6.69. The zero-order chi connectivity index (χ0) is 33.9. The first kappa shape index (κ1) is 32.5. The summed E-state index contributed by atoms with van der Waals surface area (Å²) in [5, 5.41) is 15.9. The monoisotopic (exact) mass is 671 g/mol. The van der Waals surface area contributed by atoms with Crippen molar-refractivity contribution in [1.29, 1.82) is 5.26 Å². The van der Waals surface area contributed by atoms with Gasteiger partial charge in [-0.3, -0.25) is 14.5 Å². The Morgan fingerprint density at radius 1 is 1.08 bits per heavy atom. The molecule has 4 aliphatic heterocycles. The highest BCUT2D eigenvalue weighted by Gasteiger charge is 2.41. The van der Waals surface area contributed by atoms with Crippen molar-refractivity contribution in [1.82, 2.24) is 30.1 Å². The van der Waals surface area contributed by atoms with Gasteiger partial charge in [-0.1, -0.05) is 0 Å². The van der Waals surface area contributed by atoms with E-state index in [1.54, 1.807) is 25.3 Å². The van der Waals surface area contributed by atoms with Gasteiger partial charge >= 0.3 is 0 Å². The lowest BCUT2D eigenvalue weighted by Gasteiger charge is -2.43. The number of rotatable bonds is 9. The molecule has 4 saturated heterocycles. The molecule has 14 nitrogen and oxygen atoms in total. The van der Waals surface area contributed by atoms with Crippen LogP contribution in [-0.2, 0) is 14.3 Å². The van der Waals surface area contributed by atoms with Crippen LogP contribution < -0.4 is 25.0 Å². The summed E-state index contributed by atoms with van der Waals surface area (Å²) in [6.45, 7) is 5.67. The van der Waals surface area contributed by atoms with Gasteiger partial charge in [-0.25, -0.2) is 14.4 Å². The number of nitriles is 1. The summed E-state index contributed by atoms with van der Waals surface area (Å²) < 4.78 is 32.3. The third-order valence-electron chi connectivity index (χ3n) is 9.48. The van der Waals surface area contributed by atoms with Gasteiger partial charge < -0.3 is 34.6 Å². The van der Waals surface area contributed by atoms with E-state index in [1.807, 2.05) is 18.2 Å². The molecule has 3 aromatic rings. The van der Waals surface area contributed by atoms with Gasteiger partial charge in [-0.2, -0.15) is 10.2 Å². The number of aromatic nitrogens is 3. The number of nitrogens with zero attached hydrogens (tertiary/aromatic N) is 7. The van der Waals surface area contributed by atoms with Crippen LogP contribution >= 0.6 is 0 Å². The van der Waals surface area contributed by atoms with Crippen LogP contribution in [-0.4, -0.2) is 114 Å². The SMILES string of the molecule is COc1cc(Nc2ncnc(-c3ccc(OC4[C@H](F)CCCN4C(=O)[C@@H]4CCC(=O)N4)c(C#N)c3)n2)ccc1N1CCN(C2COC2)CC1. The number of hydrogen-bond donors (Lipinski definition) is 2. The zero-order valence-electron chi connectivity index (χ0n) is 27.2. The number of likely N-dealkylation sites (tertiary alicyclic amines) is 1. The molecule has 2 aromatic carbocycles. The first-order valence-electron chi connectivity index (χ1n) is 16.6. The quantitative estimate of drug-likeness (QED) is 0.343. The molecule has 1 unspecified atom stereocenters. The zero-order valence-corrected chi connectivity index (χ0v) is 27.2. The van der Waals surface area contributed by atoms with Gasteiger partial charge in [0.1, 0.15) is 29.9 Å². The number of carbonyl (C=O) groups excluding carboxylic acids is 2. The molecule has 7 rings (SSSR count). The topological polar surface area (TPSA) is 158 Å². The van der Waals surface area contributed by atoms with Crippen LogP contribution in [0.4, 0.5) is 21.7 Å². The van der Waals surface area contributed by atoms with Crippen LogP contribution in [0.25, 0.3) is 11.4 Å². The molecule has 5 heterocycles. The molecule has 0 aliphatic carbocycles. The largest absolute Gasteiger partial charge is 0.495 e. The van der Waals surface area contributed by atoms with Crippen molar-refractivity contribution in [2.75, 3.05) is 63.3 Å². The summed E-state index contributed by atoms with van der Waals surface area (Å²) in [7, 11) is 1.65. The second-order valence-electron chi connectivity index (χ2n) is 12.5. The summed E-state index contributed by atoms with van der Waals surface area (Å²) in [5.41, 5.74) is 2.41. The number of carbonyl (C=O) groups is 2. The lowest BCUT2D eigenvalue weighted by molar-refractivity contribution is -0.150. The Kier molecular flexibility index (Phi) is 9.41. The van der Waals surface area contributed by atoms with Crippen LogP contribution in [0.5, 0.6) is 11.5 Å². The highest BCUT2D eigenvalue weighted by Crippen LogP contribution is 2.34. The van der Waals surface area contributed by atoms with Gasteiger partial charge in [-0.15, -0.1) is 0 Å². The first-order valence-corrected chi connectivity index (χ1v) is 16.6. The number of ether oxygens (including phenoxy) is 3. The molecule has 0 radical (unpaired) electrons. The Morgan fingerprint density at radius 2 is 1.92 bits per heavy atom. The fraction of sp³-hybridized carbons (Fsp3) is 0.471. The van der Waals surface area contributed by atoms with Crippen molar-refractivity contribution >= 4 is 29.1 Å². The van der Waals surface area contributed by atoms with E-state index < -0.39 is 18.4 Å². The van der Waals surface area contributed by atoms with E-state index in [4.69, 9.17) is 14.2 Å². The summed E-state index contributed by atoms with van der Waals surface area (Å²) in [4.78, 5) is 44.2. The summed E-state index contributed by atoms with van der Waals surface area (Å²) in [5.74, 6) is 0.882. The van der Waals surface area contributed by atoms with Gasteiger partial charge in [0.15, 0.2) is 12.0 Å². The van der Waals surface area contributed by atoms with Crippen LogP contribution in [0.1, 0.15) is 31.2 Å². The molecule has 0 spiro atoms.